The van der Waals surface area contributed by atoms with Gasteiger partial charge in [0.2, 0.25) is 5.91 Å². The van der Waals surface area contributed by atoms with Crippen molar-refractivity contribution in [2.45, 2.75) is 51.5 Å². The van der Waals surface area contributed by atoms with Crippen LogP contribution in [0.3, 0.4) is 0 Å². The van der Waals surface area contributed by atoms with Gasteiger partial charge in [-0.3, -0.25) is 9.48 Å². The van der Waals surface area contributed by atoms with Crippen LogP contribution in [0.25, 0.3) is 0 Å². The van der Waals surface area contributed by atoms with Crippen LogP contribution in [-0.4, -0.2) is 34.3 Å². The predicted molar refractivity (Wildman–Crippen MR) is 84.1 cm³/mol. The molecular formula is C16H28N4O. The molecular weight excluding hydrogens is 264 g/mol. The molecule has 0 bridgehead atoms. The van der Waals surface area contributed by atoms with Gasteiger partial charge in [-0.25, -0.2) is 0 Å². The maximum Gasteiger partial charge on any atom is 0.225 e. The molecule has 2 rings (SSSR count). The van der Waals surface area contributed by atoms with Crippen molar-refractivity contribution in [3.63, 3.8) is 0 Å². The monoisotopic (exact) mass is 292 g/mol. The fourth-order valence-electron chi connectivity index (χ4n) is 3.31. The molecule has 1 aliphatic rings. The highest BCUT2D eigenvalue weighted by Crippen LogP contribution is 2.29. The summed E-state index contributed by atoms with van der Waals surface area (Å²) in [4.78, 5) is 12.7. The molecule has 1 saturated heterocycles. The van der Waals surface area contributed by atoms with Gasteiger partial charge >= 0.3 is 0 Å². The summed E-state index contributed by atoms with van der Waals surface area (Å²) >= 11 is 0. The van der Waals surface area contributed by atoms with Crippen molar-refractivity contribution >= 4 is 5.91 Å². The van der Waals surface area contributed by atoms with Crippen LogP contribution in [0.2, 0.25) is 0 Å². The smallest absolute Gasteiger partial charge is 0.225 e. The molecule has 118 valence electrons. The standard InChI is InChI=1S/C16H28N4O/c1-5-16(6-2,7-3)19-15(21)14-10-17-9-13(14)12-8-18-20(4)11-12/h8,11,13-14,17H,5-7,9-10H2,1-4H3,(H,19,21)/t13-,14+/m1/s1. The summed E-state index contributed by atoms with van der Waals surface area (Å²) in [6.45, 7) is 8.05. The maximum absolute atomic E-state index is 12.7. The summed E-state index contributed by atoms with van der Waals surface area (Å²) in [5.74, 6) is 0.402. The second-order valence-electron chi connectivity index (χ2n) is 6.15. The molecule has 1 fully saturated rings. The number of hydrogen-bond donors (Lipinski definition) is 2. The molecule has 0 radical (unpaired) electrons. The van der Waals surface area contributed by atoms with Crippen LogP contribution in [0.4, 0.5) is 0 Å². The van der Waals surface area contributed by atoms with Gasteiger partial charge in [-0.2, -0.15) is 5.10 Å². The largest absolute Gasteiger partial charge is 0.350 e. The Morgan fingerprint density at radius 2 is 2.05 bits per heavy atom. The molecule has 21 heavy (non-hydrogen) atoms. The lowest BCUT2D eigenvalue weighted by molar-refractivity contribution is -0.127. The zero-order chi connectivity index (χ0) is 15.5. The average molecular weight is 292 g/mol. The van der Waals surface area contributed by atoms with Gasteiger partial charge in [0.1, 0.15) is 0 Å². The van der Waals surface area contributed by atoms with E-state index in [-0.39, 0.29) is 23.3 Å². The molecule has 2 atom stereocenters. The molecule has 1 aromatic rings. The van der Waals surface area contributed by atoms with Gasteiger partial charge in [0, 0.05) is 37.8 Å². The Morgan fingerprint density at radius 1 is 1.38 bits per heavy atom. The second kappa shape index (κ2) is 6.60. The van der Waals surface area contributed by atoms with Crippen molar-refractivity contribution in [1.82, 2.24) is 20.4 Å². The summed E-state index contributed by atoms with van der Waals surface area (Å²) in [7, 11) is 1.91. The minimum atomic E-state index is -0.0564. The minimum absolute atomic E-state index is 0.00164. The molecule has 1 amide bonds. The van der Waals surface area contributed by atoms with E-state index in [2.05, 4.69) is 36.5 Å². The molecule has 1 aliphatic heterocycles. The van der Waals surface area contributed by atoms with E-state index in [1.807, 2.05) is 19.4 Å². The van der Waals surface area contributed by atoms with E-state index in [0.717, 1.165) is 37.9 Å². The first-order valence-electron chi connectivity index (χ1n) is 8.06. The van der Waals surface area contributed by atoms with Crippen LogP contribution < -0.4 is 10.6 Å². The quantitative estimate of drug-likeness (QED) is 0.840. The lowest BCUT2D eigenvalue weighted by atomic mass is 9.86. The van der Waals surface area contributed by atoms with Gasteiger partial charge in [0.15, 0.2) is 0 Å². The fraction of sp³-hybridized carbons (Fsp3) is 0.750. The first-order chi connectivity index (χ1) is 10.0. The lowest BCUT2D eigenvalue weighted by Crippen LogP contribution is -2.50. The zero-order valence-corrected chi connectivity index (χ0v) is 13.6. The minimum Gasteiger partial charge on any atom is -0.350 e. The van der Waals surface area contributed by atoms with E-state index in [4.69, 9.17) is 0 Å². The van der Waals surface area contributed by atoms with Crippen molar-refractivity contribution in [3.8, 4) is 0 Å². The summed E-state index contributed by atoms with van der Waals surface area (Å²) in [6.07, 6.45) is 6.83. The number of carbonyl (C=O) groups excluding carboxylic acids is 1. The van der Waals surface area contributed by atoms with Gasteiger partial charge in [-0.15, -0.1) is 0 Å². The van der Waals surface area contributed by atoms with Crippen LogP contribution in [0.5, 0.6) is 0 Å². The summed E-state index contributed by atoms with van der Waals surface area (Å²) in [6, 6.07) is 0. The number of aromatic nitrogens is 2. The Bertz CT molecular complexity index is 470. The molecule has 0 aliphatic carbocycles. The number of aryl methyl sites for hydroxylation is 1. The summed E-state index contributed by atoms with van der Waals surface area (Å²) in [5.41, 5.74) is 1.09. The van der Waals surface area contributed by atoms with E-state index in [1.165, 1.54) is 0 Å². The van der Waals surface area contributed by atoms with E-state index >= 15 is 0 Å². The molecule has 0 unspecified atom stereocenters. The number of amides is 1. The first-order valence-corrected chi connectivity index (χ1v) is 8.06. The molecule has 5 heteroatoms. The zero-order valence-electron chi connectivity index (χ0n) is 13.6. The topological polar surface area (TPSA) is 59.0 Å². The van der Waals surface area contributed by atoms with E-state index in [1.54, 1.807) is 4.68 Å². The van der Waals surface area contributed by atoms with Crippen LogP contribution in [-0.2, 0) is 11.8 Å². The van der Waals surface area contributed by atoms with E-state index < -0.39 is 0 Å². The highest BCUT2D eigenvalue weighted by molar-refractivity contribution is 5.81. The van der Waals surface area contributed by atoms with Crippen molar-refractivity contribution in [3.05, 3.63) is 18.0 Å². The van der Waals surface area contributed by atoms with Gasteiger partial charge in [0.05, 0.1) is 12.1 Å². The van der Waals surface area contributed by atoms with Crippen LogP contribution in [0.1, 0.15) is 51.5 Å². The van der Waals surface area contributed by atoms with E-state index in [9.17, 15) is 4.79 Å². The molecule has 1 aromatic heterocycles. The number of nitrogens with zero attached hydrogens (tertiary/aromatic N) is 2. The third kappa shape index (κ3) is 3.28. The number of nitrogens with one attached hydrogen (secondary N) is 2. The summed E-state index contributed by atoms with van der Waals surface area (Å²) in [5, 5.41) is 10.9. The van der Waals surface area contributed by atoms with Gasteiger partial charge in [-0.1, -0.05) is 20.8 Å². The average Bonchev–Trinajstić information content (AvgIpc) is 3.13. The van der Waals surface area contributed by atoms with Crippen molar-refractivity contribution in [2.75, 3.05) is 13.1 Å². The van der Waals surface area contributed by atoms with Crippen molar-refractivity contribution in [1.29, 1.82) is 0 Å². The predicted octanol–water partition coefficient (Wildman–Crippen LogP) is 1.81. The lowest BCUT2D eigenvalue weighted by Gasteiger charge is -2.33. The first kappa shape index (κ1) is 16.0. The highest BCUT2D eigenvalue weighted by Gasteiger charge is 2.37. The van der Waals surface area contributed by atoms with Gasteiger partial charge < -0.3 is 10.6 Å². The second-order valence-corrected chi connectivity index (χ2v) is 6.15. The number of hydrogen-bond acceptors (Lipinski definition) is 3. The Morgan fingerprint density at radius 3 is 2.57 bits per heavy atom. The Balaban J connectivity index is 2.11. The normalized spacial score (nSPS) is 22.5. The molecule has 0 saturated carbocycles. The molecule has 0 spiro atoms. The molecule has 2 heterocycles. The van der Waals surface area contributed by atoms with Crippen LogP contribution >= 0.6 is 0 Å². The van der Waals surface area contributed by atoms with Gasteiger partial charge in [-0.05, 0) is 24.8 Å². The van der Waals surface area contributed by atoms with Crippen molar-refractivity contribution in [2.24, 2.45) is 13.0 Å². The Hall–Kier alpha value is -1.36. The molecule has 2 N–H and O–H groups in total. The Labute approximate surface area is 127 Å². The van der Waals surface area contributed by atoms with Crippen molar-refractivity contribution < 1.29 is 4.79 Å². The third-order valence-electron chi connectivity index (χ3n) is 5.12. The SMILES string of the molecule is CCC(CC)(CC)NC(=O)[C@H]1CNC[C@@H]1c1cnn(C)c1. The highest BCUT2D eigenvalue weighted by atomic mass is 16.2. The van der Waals surface area contributed by atoms with Crippen LogP contribution in [0.15, 0.2) is 12.4 Å². The summed E-state index contributed by atoms with van der Waals surface area (Å²) < 4.78 is 1.80. The van der Waals surface area contributed by atoms with Gasteiger partial charge in [0.25, 0.3) is 0 Å². The third-order valence-corrected chi connectivity index (χ3v) is 5.12. The van der Waals surface area contributed by atoms with E-state index in [0.29, 0.717) is 0 Å². The number of rotatable bonds is 6. The Kier molecular flexibility index (Phi) is 5.04. The fourth-order valence-corrected chi connectivity index (χ4v) is 3.31. The van der Waals surface area contributed by atoms with Crippen LogP contribution in [0, 0.1) is 5.92 Å². The number of carbonyl (C=O) groups is 1. The maximum atomic E-state index is 12.7. The molecule has 0 aromatic carbocycles. The molecule has 5 nitrogen and oxygen atoms in total.